The van der Waals surface area contributed by atoms with Gasteiger partial charge in [-0.2, -0.15) is 0 Å². The molecule has 5 nitrogen and oxygen atoms in total. The Balaban J connectivity index is 2.05. The van der Waals surface area contributed by atoms with Crippen molar-refractivity contribution in [3.05, 3.63) is 11.8 Å². The van der Waals surface area contributed by atoms with Crippen molar-refractivity contribution >= 4 is 0 Å². The molecule has 1 aromatic rings. The number of hydrogen-bond donors (Lipinski definition) is 1. The molecule has 0 saturated carbocycles. The molecule has 1 N–H and O–H groups in total. The van der Waals surface area contributed by atoms with Gasteiger partial charge in [-0.3, -0.25) is 4.90 Å². The van der Waals surface area contributed by atoms with Gasteiger partial charge in [0.15, 0.2) is 0 Å². The molecule has 0 amide bonds. The first-order valence-electron chi connectivity index (χ1n) is 5.80. The predicted molar refractivity (Wildman–Crippen MR) is 58.9 cm³/mol. The lowest BCUT2D eigenvalue weighted by atomic mass is 10.1. The average molecular weight is 225 g/mol. The number of nitrogens with zero attached hydrogens (tertiary/aromatic N) is 3. The van der Waals surface area contributed by atoms with E-state index in [0.717, 1.165) is 19.4 Å². The minimum absolute atomic E-state index is 0.0850. The second-order valence-corrected chi connectivity index (χ2v) is 4.78. The lowest BCUT2D eigenvalue weighted by Crippen LogP contribution is -2.31. The first-order chi connectivity index (χ1) is 7.52. The van der Waals surface area contributed by atoms with Crippen LogP contribution < -0.4 is 0 Å². The van der Waals surface area contributed by atoms with E-state index in [0.29, 0.717) is 18.3 Å². The van der Waals surface area contributed by atoms with Gasteiger partial charge in [-0.05, 0) is 20.3 Å². The lowest BCUT2D eigenvalue weighted by molar-refractivity contribution is 0.0611. The Morgan fingerprint density at radius 2 is 2.31 bits per heavy atom. The van der Waals surface area contributed by atoms with Gasteiger partial charge < -0.3 is 9.52 Å². The van der Waals surface area contributed by atoms with E-state index in [9.17, 15) is 5.11 Å². The number of aliphatic hydroxyl groups is 1. The van der Waals surface area contributed by atoms with E-state index < -0.39 is 5.60 Å². The van der Waals surface area contributed by atoms with Crippen LogP contribution in [0.1, 0.15) is 45.0 Å². The van der Waals surface area contributed by atoms with Gasteiger partial charge >= 0.3 is 0 Å². The molecule has 90 valence electrons. The highest BCUT2D eigenvalue weighted by molar-refractivity contribution is 4.95. The van der Waals surface area contributed by atoms with Crippen molar-refractivity contribution in [3.63, 3.8) is 0 Å². The normalized spacial score (nSPS) is 28.5. The summed E-state index contributed by atoms with van der Waals surface area (Å²) in [4.78, 5) is 2.17. The maximum absolute atomic E-state index is 9.90. The van der Waals surface area contributed by atoms with Crippen molar-refractivity contribution < 1.29 is 9.52 Å². The smallest absolute Gasteiger partial charge is 0.233 e. The van der Waals surface area contributed by atoms with Crippen LogP contribution in [0.25, 0.3) is 0 Å². The standard InChI is InChI=1S/C11H19N3O2/c1-4-9-12-13-10(16-9)8(2)14-6-5-11(3,15)7-14/h8,15H,4-7H2,1-3H3. The molecule has 0 aliphatic carbocycles. The second-order valence-electron chi connectivity index (χ2n) is 4.78. The van der Waals surface area contributed by atoms with E-state index in [-0.39, 0.29) is 6.04 Å². The molecular weight excluding hydrogens is 206 g/mol. The molecule has 0 radical (unpaired) electrons. The molecule has 5 heteroatoms. The van der Waals surface area contributed by atoms with E-state index in [1.165, 1.54) is 0 Å². The van der Waals surface area contributed by atoms with Crippen LogP contribution >= 0.6 is 0 Å². The zero-order chi connectivity index (χ0) is 11.8. The summed E-state index contributed by atoms with van der Waals surface area (Å²) in [5, 5.41) is 17.9. The van der Waals surface area contributed by atoms with Crippen molar-refractivity contribution in [1.82, 2.24) is 15.1 Å². The van der Waals surface area contributed by atoms with Crippen LogP contribution in [0.5, 0.6) is 0 Å². The topological polar surface area (TPSA) is 62.4 Å². The Morgan fingerprint density at radius 3 is 2.81 bits per heavy atom. The van der Waals surface area contributed by atoms with Crippen molar-refractivity contribution in [1.29, 1.82) is 0 Å². The van der Waals surface area contributed by atoms with Gasteiger partial charge in [-0.1, -0.05) is 6.92 Å². The molecule has 0 spiro atoms. The van der Waals surface area contributed by atoms with Gasteiger partial charge in [0.1, 0.15) is 0 Å². The van der Waals surface area contributed by atoms with Crippen molar-refractivity contribution in [2.45, 2.75) is 45.3 Å². The van der Waals surface area contributed by atoms with Crippen LogP contribution in [-0.4, -0.2) is 38.9 Å². The fraction of sp³-hybridized carbons (Fsp3) is 0.818. The molecule has 16 heavy (non-hydrogen) atoms. The van der Waals surface area contributed by atoms with E-state index in [4.69, 9.17) is 4.42 Å². The van der Waals surface area contributed by atoms with Gasteiger partial charge in [-0.25, -0.2) is 0 Å². The van der Waals surface area contributed by atoms with E-state index in [1.54, 1.807) is 0 Å². The Labute approximate surface area is 95.5 Å². The summed E-state index contributed by atoms with van der Waals surface area (Å²) in [6.07, 6.45) is 1.56. The molecule has 1 aromatic heterocycles. The zero-order valence-electron chi connectivity index (χ0n) is 10.1. The molecule has 2 rings (SSSR count). The van der Waals surface area contributed by atoms with Crippen LogP contribution in [0.4, 0.5) is 0 Å². The number of aryl methyl sites for hydroxylation is 1. The maximum atomic E-state index is 9.90. The first-order valence-corrected chi connectivity index (χ1v) is 5.80. The molecule has 0 bridgehead atoms. The van der Waals surface area contributed by atoms with E-state index in [1.807, 2.05) is 20.8 Å². The highest BCUT2D eigenvalue weighted by Crippen LogP contribution is 2.28. The molecule has 1 aliphatic heterocycles. The quantitative estimate of drug-likeness (QED) is 0.836. The molecule has 1 saturated heterocycles. The summed E-state index contributed by atoms with van der Waals surface area (Å²) in [5.74, 6) is 1.32. The van der Waals surface area contributed by atoms with Crippen molar-refractivity contribution in [3.8, 4) is 0 Å². The summed E-state index contributed by atoms with van der Waals surface area (Å²) in [5.41, 5.74) is -0.581. The van der Waals surface area contributed by atoms with Crippen LogP contribution in [0, 0.1) is 0 Å². The van der Waals surface area contributed by atoms with Gasteiger partial charge in [0.25, 0.3) is 0 Å². The minimum Gasteiger partial charge on any atom is -0.424 e. The SMILES string of the molecule is CCc1nnc(C(C)N2CCC(C)(O)C2)o1. The number of rotatable bonds is 3. The number of hydrogen-bond acceptors (Lipinski definition) is 5. The van der Waals surface area contributed by atoms with Gasteiger partial charge in [0.05, 0.1) is 11.6 Å². The second kappa shape index (κ2) is 4.14. The Kier molecular flexibility index (Phi) is 2.99. The van der Waals surface area contributed by atoms with Gasteiger partial charge in [0.2, 0.25) is 11.8 Å². The zero-order valence-corrected chi connectivity index (χ0v) is 10.1. The summed E-state index contributed by atoms with van der Waals surface area (Å²) >= 11 is 0. The number of likely N-dealkylation sites (tertiary alicyclic amines) is 1. The molecule has 2 atom stereocenters. The molecule has 0 aromatic carbocycles. The Morgan fingerprint density at radius 1 is 1.56 bits per heavy atom. The third-order valence-corrected chi connectivity index (χ3v) is 3.17. The largest absolute Gasteiger partial charge is 0.424 e. The van der Waals surface area contributed by atoms with Gasteiger partial charge in [-0.15, -0.1) is 10.2 Å². The maximum Gasteiger partial charge on any atom is 0.233 e. The first kappa shape index (κ1) is 11.5. The lowest BCUT2D eigenvalue weighted by Gasteiger charge is -2.22. The number of aromatic nitrogens is 2. The molecular formula is C11H19N3O2. The van der Waals surface area contributed by atoms with Crippen LogP contribution in [0.2, 0.25) is 0 Å². The summed E-state index contributed by atoms with van der Waals surface area (Å²) < 4.78 is 5.53. The van der Waals surface area contributed by atoms with E-state index in [2.05, 4.69) is 15.1 Å². The third-order valence-electron chi connectivity index (χ3n) is 3.17. The van der Waals surface area contributed by atoms with Crippen molar-refractivity contribution in [2.75, 3.05) is 13.1 Å². The van der Waals surface area contributed by atoms with Crippen LogP contribution in [-0.2, 0) is 6.42 Å². The van der Waals surface area contributed by atoms with Crippen LogP contribution in [0.15, 0.2) is 4.42 Å². The monoisotopic (exact) mass is 225 g/mol. The molecule has 1 fully saturated rings. The third kappa shape index (κ3) is 2.25. The van der Waals surface area contributed by atoms with E-state index >= 15 is 0 Å². The summed E-state index contributed by atoms with van der Waals surface area (Å²) in [6, 6.07) is 0.0850. The predicted octanol–water partition coefficient (Wildman–Crippen LogP) is 1.15. The average Bonchev–Trinajstić information content (AvgIpc) is 2.83. The Hall–Kier alpha value is -0.940. The van der Waals surface area contributed by atoms with Crippen molar-refractivity contribution in [2.24, 2.45) is 0 Å². The minimum atomic E-state index is -0.581. The van der Waals surface area contributed by atoms with Crippen LogP contribution in [0.3, 0.4) is 0 Å². The summed E-state index contributed by atoms with van der Waals surface area (Å²) in [7, 11) is 0. The molecule has 2 unspecified atom stereocenters. The van der Waals surface area contributed by atoms with Gasteiger partial charge in [0, 0.05) is 19.5 Å². The highest BCUT2D eigenvalue weighted by Gasteiger charge is 2.35. The molecule has 1 aliphatic rings. The Bertz CT molecular complexity index is 362. The fourth-order valence-corrected chi connectivity index (χ4v) is 2.05. The molecule has 2 heterocycles. The fourth-order valence-electron chi connectivity index (χ4n) is 2.05. The highest BCUT2D eigenvalue weighted by atomic mass is 16.4. The summed E-state index contributed by atoms with van der Waals surface area (Å²) in [6.45, 7) is 7.43. The number of β-amino-alcohol motifs (C(OH)–C–C–N with tert-alkyl or cyclic N) is 1.